The van der Waals surface area contributed by atoms with Gasteiger partial charge in [-0.25, -0.2) is 9.18 Å². The van der Waals surface area contributed by atoms with Crippen LogP contribution in [0.4, 0.5) is 14.9 Å². The first-order chi connectivity index (χ1) is 8.66. The van der Waals surface area contributed by atoms with E-state index in [1.165, 1.54) is 23.1 Å². The predicted octanol–water partition coefficient (Wildman–Crippen LogP) is 1.61. The van der Waals surface area contributed by atoms with Crippen LogP contribution in [0.5, 0.6) is 0 Å². The average molecular weight is 252 g/mol. The first-order valence-electron chi connectivity index (χ1n) is 5.63. The molecule has 0 aromatic heterocycles. The fourth-order valence-electron chi connectivity index (χ4n) is 1.67. The summed E-state index contributed by atoms with van der Waals surface area (Å²) in [6.07, 6.45) is 0.184. The Morgan fingerprint density at radius 1 is 1.44 bits per heavy atom. The Kier molecular flexibility index (Phi) is 3.76. The summed E-state index contributed by atoms with van der Waals surface area (Å²) < 4.78 is 18.1. The first-order valence-corrected chi connectivity index (χ1v) is 5.63. The number of amides is 2. The lowest BCUT2D eigenvalue weighted by atomic mass is 10.3. The highest BCUT2D eigenvalue weighted by Gasteiger charge is 2.22. The summed E-state index contributed by atoms with van der Waals surface area (Å²) >= 11 is 0. The monoisotopic (exact) mass is 252 g/mol. The summed E-state index contributed by atoms with van der Waals surface area (Å²) in [7, 11) is 0. The third-order valence-electron chi connectivity index (χ3n) is 2.54. The number of carbonyl (C=O) groups excluding carboxylic acids is 2. The van der Waals surface area contributed by atoms with Crippen molar-refractivity contribution < 1.29 is 18.7 Å². The average Bonchev–Trinajstić information content (AvgIpc) is 2.35. The van der Waals surface area contributed by atoms with Crippen molar-refractivity contribution in [3.05, 3.63) is 30.1 Å². The number of carbonyl (C=O) groups is 2. The van der Waals surface area contributed by atoms with Crippen molar-refractivity contribution in [3.8, 4) is 0 Å². The molecule has 1 N–H and O–H groups in total. The molecule has 1 saturated heterocycles. The van der Waals surface area contributed by atoms with Gasteiger partial charge in [0, 0.05) is 6.54 Å². The molecule has 96 valence electrons. The van der Waals surface area contributed by atoms with E-state index in [2.05, 4.69) is 5.32 Å². The molecule has 1 aromatic carbocycles. The zero-order valence-electron chi connectivity index (χ0n) is 9.69. The highest BCUT2D eigenvalue weighted by molar-refractivity contribution is 5.94. The SMILES string of the molecule is O=C(CN1CCCOC1=O)Nc1ccccc1F. The number of ether oxygens (including phenoxy) is 1. The van der Waals surface area contributed by atoms with Gasteiger partial charge in [-0.3, -0.25) is 9.69 Å². The number of nitrogens with one attached hydrogen (secondary N) is 1. The Balaban J connectivity index is 1.92. The number of para-hydroxylation sites is 1. The van der Waals surface area contributed by atoms with E-state index in [9.17, 15) is 14.0 Å². The second-order valence-electron chi connectivity index (χ2n) is 3.92. The summed E-state index contributed by atoms with van der Waals surface area (Å²) in [6, 6.07) is 5.87. The van der Waals surface area contributed by atoms with Crippen molar-refractivity contribution in [2.24, 2.45) is 0 Å². The Bertz CT molecular complexity index is 464. The van der Waals surface area contributed by atoms with Gasteiger partial charge in [-0.05, 0) is 18.6 Å². The lowest BCUT2D eigenvalue weighted by Gasteiger charge is -2.25. The van der Waals surface area contributed by atoms with E-state index in [0.29, 0.717) is 19.6 Å². The first kappa shape index (κ1) is 12.3. The Morgan fingerprint density at radius 2 is 2.22 bits per heavy atom. The summed E-state index contributed by atoms with van der Waals surface area (Å²) in [5.41, 5.74) is 0.105. The molecule has 1 fully saturated rings. The normalized spacial score (nSPS) is 15.2. The minimum Gasteiger partial charge on any atom is -0.449 e. The fraction of sp³-hybridized carbons (Fsp3) is 0.333. The van der Waals surface area contributed by atoms with E-state index in [-0.39, 0.29) is 12.2 Å². The number of halogens is 1. The fourth-order valence-corrected chi connectivity index (χ4v) is 1.67. The second-order valence-corrected chi connectivity index (χ2v) is 3.92. The van der Waals surface area contributed by atoms with Crippen LogP contribution in [0.3, 0.4) is 0 Å². The van der Waals surface area contributed by atoms with Crippen molar-refractivity contribution in [2.45, 2.75) is 6.42 Å². The third kappa shape index (κ3) is 2.97. The highest BCUT2D eigenvalue weighted by atomic mass is 19.1. The van der Waals surface area contributed by atoms with Crippen molar-refractivity contribution in [3.63, 3.8) is 0 Å². The zero-order chi connectivity index (χ0) is 13.0. The van der Waals surface area contributed by atoms with Crippen LogP contribution in [0, 0.1) is 5.82 Å². The number of hydrogen-bond donors (Lipinski definition) is 1. The van der Waals surface area contributed by atoms with E-state index in [4.69, 9.17) is 4.74 Å². The van der Waals surface area contributed by atoms with Gasteiger partial charge in [0.1, 0.15) is 12.4 Å². The third-order valence-corrected chi connectivity index (χ3v) is 2.54. The Morgan fingerprint density at radius 3 is 2.94 bits per heavy atom. The van der Waals surface area contributed by atoms with E-state index < -0.39 is 17.8 Å². The number of benzene rings is 1. The van der Waals surface area contributed by atoms with Crippen molar-refractivity contribution >= 4 is 17.7 Å². The van der Waals surface area contributed by atoms with Crippen LogP contribution in [-0.2, 0) is 9.53 Å². The van der Waals surface area contributed by atoms with Crippen LogP contribution < -0.4 is 5.32 Å². The van der Waals surface area contributed by atoms with E-state index in [1.54, 1.807) is 6.07 Å². The molecule has 5 nitrogen and oxygen atoms in total. The number of cyclic esters (lactones) is 1. The van der Waals surface area contributed by atoms with Crippen LogP contribution in [0.25, 0.3) is 0 Å². The van der Waals surface area contributed by atoms with Gasteiger partial charge in [0.05, 0.1) is 12.3 Å². The van der Waals surface area contributed by atoms with Gasteiger partial charge >= 0.3 is 6.09 Å². The minimum atomic E-state index is -0.509. The predicted molar refractivity (Wildman–Crippen MR) is 62.6 cm³/mol. The van der Waals surface area contributed by atoms with E-state index >= 15 is 0 Å². The quantitative estimate of drug-likeness (QED) is 0.889. The summed E-state index contributed by atoms with van der Waals surface area (Å²) in [5.74, 6) is -0.953. The highest BCUT2D eigenvalue weighted by Crippen LogP contribution is 2.12. The maximum absolute atomic E-state index is 13.3. The van der Waals surface area contributed by atoms with Crippen LogP contribution in [0.2, 0.25) is 0 Å². The molecule has 6 heteroatoms. The topological polar surface area (TPSA) is 58.6 Å². The van der Waals surface area contributed by atoms with Gasteiger partial charge in [-0.2, -0.15) is 0 Å². The van der Waals surface area contributed by atoms with E-state index in [0.717, 1.165) is 0 Å². The summed E-state index contributed by atoms with van der Waals surface area (Å²) in [6.45, 7) is 0.723. The zero-order valence-corrected chi connectivity index (χ0v) is 9.69. The van der Waals surface area contributed by atoms with Crippen LogP contribution >= 0.6 is 0 Å². The molecule has 0 bridgehead atoms. The summed E-state index contributed by atoms with van der Waals surface area (Å²) in [4.78, 5) is 24.2. The molecule has 1 aliphatic heterocycles. The molecule has 0 saturated carbocycles. The van der Waals surface area contributed by atoms with E-state index in [1.807, 2.05) is 0 Å². The lowest BCUT2D eigenvalue weighted by Crippen LogP contribution is -2.42. The molecule has 0 spiro atoms. The second kappa shape index (κ2) is 5.48. The number of anilines is 1. The van der Waals surface area contributed by atoms with Gasteiger partial charge < -0.3 is 10.1 Å². The molecule has 1 heterocycles. The van der Waals surface area contributed by atoms with Crippen LogP contribution in [0.15, 0.2) is 24.3 Å². The number of nitrogens with zero attached hydrogens (tertiary/aromatic N) is 1. The Labute approximate surface area is 104 Å². The molecular formula is C12H13FN2O3. The van der Waals surface area contributed by atoms with Crippen molar-refractivity contribution in [2.75, 3.05) is 25.0 Å². The van der Waals surface area contributed by atoms with Gasteiger partial charge in [-0.15, -0.1) is 0 Å². The molecule has 0 aliphatic carbocycles. The molecule has 0 atom stereocenters. The molecule has 0 unspecified atom stereocenters. The molecule has 1 aromatic rings. The Hall–Kier alpha value is -2.11. The molecule has 2 amide bonds. The largest absolute Gasteiger partial charge is 0.449 e. The molecular weight excluding hydrogens is 239 g/mol. The molecule has 1 aliphatic rings. The van der Waals surface area contributed by atoms with Gasteiger partial charge in [0.2, 0.25) is 5.91 Å². The number of rotatable bonds is 3. The molecule has 18 heavy (non-hydrogen) atoms. The smallest absolute Gasteiger partial charge is 0.410 e. The number of hydrogen-bond acceptors (Lipinski definition) is 3. The molecule has 0 radical (unpaired) electrons. The van der Waals surface area contributed by atoms with Gasteiger partial charge in [0.15, 0.2) is 0 Å². The maximum Gasteiger partial charge on any atom is 0.410 e. The minimum absolute atomic E-state index is 0.105. The van der Waals surface area contributed by atoms with Crippen LogP contribution in [0.1, 0.15) is 6.42 Å². The van der Waals surface area contributed by atoms with Crippen molar-refractivity contribution in [1.82, 2.24) is 4.90 Å². The standard InChI is InChI=1S/C12H13FN2O3/c13-9-4-1-2-5-10(9)14-11(16)8-15-6-3-7-18-12(15)17/h1-2,4-5H,3,6-8H2,(H,14,16). The van der Waals surface area contributed by atoms with Gasteiger partial charge in [0.25, 0.3) is 0 Å². The summed E-state index contributed by atoms with van der Waals surface area (Å²) in [5, 5.41) is 2.41. The van der Waals surface area contributed by atoms with Crippen molar-refractivity contribution in [1.29, 1.82) is 0 Å². The lowest BCUT2D eigenvalue weighted by molar-refractivity contribution is -0.117. The van der Waals surface area contributed by atoms with Gasteiger partial charge in [-0.1, -0.05) is 12.1 Å². The molecule has 2 rings (SSSR count). The maximum atomic E-state index is 13.3. The van der Waals surface area contributed by atoms with Crippen LogP contribution in [-0.4, -0.2) is 36.6 Å².